The molecule has 164 valence electrons. The van der Waals surface area contributed by atoms with Crippen molar-refractivity contribution in [1.29, 1.82) is 0 Å². The van der Waals surface area contributed by atoms with E-state index >= 15 is 0 Å². The Morgan fingerprint density at radius 2 is 1.84 bits per heavy atom. The summed E-state index contributed by atoms with van der Waals surface area (Å²) in [6, 6.07) is 20.6. The van der Waals surface area contributed by atoms with Crippen LogP contribution >= 0.6 is 23.4 Å². The highest BCUT2D eigenvalue weighted by atomic mass is 35.5. The van der Waals surface area contributed by atoms with Crippen molar-refractivity contribution >= 4 is 46.6 Å². The van der Waals surface area contributed by atoms with Gasteiger partial charge in [-0.25, -0.2) is 0 Å². The minimum Gasteiger partial charge on any atom is -0.371 e. The van der Waals surface area contributed by atoms with Crippen LogP contribution in [0.1, 0.15) is 27.0 Å². The smallest absolute Gasteiger partial charge is 0.251 e. The summed E-state index contributed by atoms with van der Waals surface area (Å²) in [4.78, 5) is 25.1. The first kappa shape index (κ1) is 22.2. The number of amides is 2. The molecular weight excluding hydrogens is 442 g/mol. The summed E-state index contributed by atoms with van der Waals surface area (Å²) in [5, 5.41) is 9.78. The number of hydrogen-bond acceptors (Lipinski definition) is 4. The van der Waals surface area contributed by atoms with E-state index in [0.29, 0.717) is 28.6 Å². The lowest BCUT2D eigenvalue weighted by Gasteiger charge is -2.27. The van der Waals surface area contributed by atoms with Crippen LogP contribution in [0.15, 0.2) is 66.7 Å². The highest BCUT2D eigenvalue weighted by Crippen LogP contribution is 2.29. The molecule has 3 aromatic rings. The molecular formula is C25H24ClN3O2S. The molecule has 1 atom stereocenters. The predicted molar refractivity (Wildman–Crippen MR) is 132 cm³/mol. The number of fused-ring (bicyclic) bond motifs is 1. The third-order valence-electron chi connectivity index (χ3n) is 5.36. The molecule has 1 aliphatic heterocycles. The zero-order valence-electron chi connectivity index (χ0n) is 17.7. The van der Waals surface area contributed by atoms with Crippen LogP contribution in [-0.4, -0.2) is 23.6 Å². The summed E-state index contributed by atoms with van der Waals surface area (Å²) in [6.07, 6.45) is 0. The Hall–Kier alpha value is -2.96. The summed E-state index contributed by atoms with van der Waals surface area (Å²) in [5.41, 5.74) is 5.43. The molecule has 4 rings (SSSR count). The Kier molecular flexibility index (Phi) is 7.02. The van der Waals surface area contributed by atoms with Gasteiger partial charge in [0.2, 0.25) is 5.91 Å². The normalized spacial score (nSPS) is 14.8. The minimum absolute atomic E-state index is 0.0893. The quantitative estimate of drug-likeness (QED) is 0.446. The van der Waals surface area contributed by atoms with Gasteiger partial charge >= 0.3 is 0 Å². The van der Waals surface area contributed by atoms with E-state index in [4.69, 9.17) is 11.6 Å². The fourth-order valence-electron chi connectivity index (χ4n) is 3.45. The number of carbonyl (C=O) groups excluding carboxylic acids is 2. The van der Waals surface area contributed by atoms with Crippen molar-refractivity contribution in [1.82, 2.24) is 5.32 Å². The van der Waals surface area contributed by atoms with Gasteiger partial charge in [0.1, 0.15) is 6.04 Å². The minimum atomic E-state index is -0.318. The van der Waals surface area contributed by atoms with E-state index in [1.807, 2.05) is 30.3 Å². The molecule has 1 unspecified atom stereocenters. The number of aryl methyl sites for hydroxylation is 1. The van der Waals surface area contributed by atoms with Crippen LogP contribution in [0.3, 0.4) is 0 Å². The first-order chi connectivity index (χ1) is 15.5. The number of nitrogens with one attached hydrogen (secondary N) is 3. The molecule has 1 aliphatic rings. The molecule has 0 fully saturated rings. The lowest BCUT2D eigenvalue weighted by molar-refractivity contribution is -0.116. The lowest BCUT2D eigenvalue weighted by Crippen LogP contribution is -2.40. The van der Waals surface area contributed by atoms with E-state index in [9.17, 15) is 9.59 Å². The van der Waals surface area contributed by atoms with Gasteiger partial charge in [-0.3, -0.25) is 9.59 Å². The second kappa shape index (κ2) is 10.1. The molecule has 0 aliphatic carbocycles. The molecule has 0 spiro atoms. The fraction of sp³-hybridized carbons (Fsp3) is 0.200. The maximum atomic E-state index is 12.6. The Bertz CT molecular complexity index is 1130. The molecule has 5 nitrogen and oxygen atoms in total. The molecule has 3 aromatic carbocycles. The van der Waals surface area contributed by atoms with Gasteiger partial charge in [0, 0.05) is 28.6 Å². The van der Waals surface area contributed by atoms with E-state index in [2.05, 4.69) is 35.0 Å². The van der Waals surface area contributed by atoms with Crippen LogP contribution in [-0.2, 0) is 17.1 Å². The molecule has 0 aromatic heterocycles. The molecule has 2 amide bonds. The van der Waals surface area contributed by atoms with Gasteiger partial charge in [0.05, 0.1) is 11.4 Å². The molecule has 3 N–H and O–H groups in total. The Labute approximate surface area is 196 Å². The molecule has 32 heavy (non-hydrogen) atoms. The van der Waals surface area contributed by atoms with Crippen molar-refractivity contribution in [2.45, 2.75) is 25.3 Å². The van der Waals surface area contributed by atoms with Crippen molar-refractivity contribution < 1.29 is 9.59 Å². The van der Waals surface area contributed by atoms with Crippen LogP contribution in [0.4, 0.5) is 11.4 Å². The topological polar surface area (TPSA) is 70.2 Å². The van der Waals surface area contributed by atoms with Gasteiger partial charge in [-0.15, -0.1) is 0 Å². The maximum Gasteiger partial charge on any atom is 0.251 e. The monoisotopic (exact) mass is 465 g/mol. The Morgan fingerprint density at radius 3 is 2.62 bits per heavy atom. The van der Waals surface area contributed by atoms with Gasteiger partial charge in [0.25, 0.3) is 5.91 Å². The molecule has 1 heterocycles. The summed E-state index contributed by atoms with van der Waals surface area (Å²) >= 11 is 7.62. The lowest BCUT2D eigenvalue weighted by atomic mass is 10.1. The number of anilines is 2. The number of rotatable bonds is 7. The van der Waals surface area contributed by atoms with Crippen LogP contribution < -0.4 is 16.0 Å². The van der Waals surface area contributed by atoms with Crippen molar-refractivity contribution in [2.75, 3.05) is 16.4 Å². The highest BCUT2D eigenvalue weighted by molar-refractivity contribution is 7.98. The van der Waals surface area contributed by atoms with Crippen LogP contribution in [0, 0.1) is 6.92 Å². The van der Waals surface area contributed by atoms with Crippen molar-refractivity contribution in [2.24, 2.45) is 0 Å². The number of carbonyl (C=O) groups is 2. The zero-order chi connectivity index (χ0) is 22.5. The van der Waals surface area contributed by atoms with Gasteiger partial charge in [0.15, 0.2) is 0 Å². The molecule has 7 heteroatoms. The predicted octanol–water partition coefficient (Wildman–Crippen LogP) is 5.24. The van der Waals surface area contributed by atoms with E-state index in [0.717, 1.165) is 17.0 Å². The van der Waals surface area contributed by atoms with Crippen LogP contribution in [0.2, 0.25) is 5.02 Å². The third-order valence-corrected chi connectivity index (χ3v) is 6.69. The van der Waals surface area contributed by atoms with Gasteiger partial charge in [-0.2, -0.15) is 11.8 Å². The summed E-state index contributed by atoms with van der Waals surface area (Å²) < 4.78 is 0. The standard InChI is InChI=1S/C25H24ClN3O2S/c1-16-4-2-3-5-19(16)14-32-15-23-25(31)29-22-12-18(8-11-21(22)28-23)24(30)27-13-17-6-9-20(26)10-7-17/h2-12,23,28H,13-15H2,1H3,(H,27,30)(H,29,31). The summed E-state index contributed by atoms with van der Waals surface area (Å²) in [6.45, 7) is 2.50. The number of halogens is 1. The van der Waals surface area contributed by atoms with Crippen LogP contribution in [0.5, 0.6) is 0 Å². The van der Waals surface area contributed by atoms with E-state index in [1.165, 1.54) is 11.1 Å². The van der Waals surface area contributed by atoms with E-state index < -0.39 is 0 Å². The zero-order valence-corrected chi connectivity index (χ0v) is 19.2. The molecule has 0 radical (unpaired) electrons. The van der Waals surface area contributed by atoms with Crippen molar-refractivity contribution in [3.8, 4) is 0 Å². The molecule has 0 saturated heterocycles. The van der Waals surface area contributed by atoms with E-state index in [1.54, 1.807) is 36.0 Å². The first-order valence-electron chi connectivity index (χ1n) is 10.4. The second-order valence-electron chi connectivity index (χ2n) is 7.70. The maximum absolute atomic E-state index is 12.6. The Morgan fingerprint density at radius 1 is 1.06 bits per heavy atom. The van der Waals surface area contributed by atoms with Gasteiger partial charge in [-0.1, -0.05) is 48.0 Å². The summed E-state index contributed by atoms with van der Waals surface area (Å²) in [7, 11) is 0. The number of benzene rings is 3. The highest BCUT2D eigenvalue weighted by Gasteiger charge is 2.26. The van der Waals surface area contributed by atoms with Crippen molar-refractivity contribution in [3.63, 3.8) is 0 Å². The Balaban J connectivity index is 1.34. The second-order valence-corrected chi connectivity index (χ2v) is 9.16. The van der Waals surface area contributed by atoms with Crippen molar-refractivity contribution in [3.05, 3.63) is 94.0 Å². The van der Waals surface area contributed by atoms with E-state index in [-0.39, 0.29) is 17.9 Å². The average Bonchev–Trinajstić information content (AvgIpc) is 2.79. The average molecular weight is 466 g/mol. The largest absolute Gasteiger partial charge is 0.371 e. The molecule has 0 saturated carbocycles. The first-order valence-corrected chi connectivity index (χ1v) is 11.9. The third kappa shape index (κ3) is 5.44. The van der Waals surface area contributed by atoms with Gasteiger partial charge < -0.3 is 16.0 Å². The van der Waals surface area contributed by atoms with Crippen LogP contribution in [0.25, 0.3) is 0 Å². The fourth-order valence-corrected chi connectivity index (χ4v) is 4.71. The SMILES string of the molecule is Cc1ccccc1CSCC1Nc2ccc(C(=O)NCc3ccc(Cl)cc3)cc2NC1=O. The van der Waals surface area contributed by atoms with Gasteiger partial charge in [-0.05, 0) is 53.9 Å². The molecule has 0 bridgehead atoms. The summed E-state index contributed by atoms with van der Waals surface area (Å²) in [5.74, 6) is 1.22. The number of thioether (sulfide) groups is 1. The number of hydrogen-bond donors (Lipinski definition) is 3.